The lowest BCUT2D eigenvalue weighted by atomic mass is 10.3. The van der Waals surface area contributed by atoms with E-state index in [1.54, 1.807) is 6.07 Å². The first kappa shape index (κ1) is 12.3. The lowest BCUT2D eigenvalue weighted by Gasteiger charge is -2.25. The van der Waals surface area contributed by atoms with Gasteiger partial charge >= 0.3 is 0 Å². The number of rotatable bonds is 1. The van der Waals surface area contributed by atoms with E-state index in [1.165, 1.54) is 11.3 Å². The fourth-order valence-electron chi connectivity index (χ4n) is 1.89. The predicted molar refractivity (Wildman–Crippen MR) is 77.9 cm³/mol. The van der Waals surface area contributed by atoms with Crippen LogP contribution in [0.5, 0.6) is 0 Å². The largest absolute Gasteiger partial charge is 0.335 e. The molecule has 6 heteroatoms. The number of thiazole rings is 1. The smallest absolute Gasteiger partial charge is 0.282 e. The number of thioether (sulfide) groups is 1. The fraction of sp³-hybridized carbons (Fsp3) is 0.333. The average Bonchev–Trinajstić information content (AvgIpc) is 2.81. The summed E-state index contributed by atoms with van der Waals surface area (Å²) in [6.07, 6.45) is 0. The van der Waals surface area contributed by atoms with E-state index in [2.05, 4.69) is 4.98 Å². The molecule has 0 spiro atoms. The molecule has 0 saturated carbocycles. The van der Waals surface area contributed by atoms with Gasteiger partial charge in [0.05, 0.1) is 10.2 Å². The number of carbonyl (C=O) groups is 1. The molecule has 0 N–H and O–H groups in total. The van der Waals surface area contributed by atoms with Gasteiger partial charge < -0.3 is 4.90 Å². The molecule has 3 nitrogen and oxygen atoms in total. The molecule has 1 aromatic carbocycles. The second kappa shape index (κ2) is 5.07. The fourth-order valence-corrected chi connectivity index (χ4v) is 3.88. The van der Waals surface area contributed by atoms with Crippen LogP contribution >= 0.6 is 34.7 Å². The van der Waals surface area contributed by atoms with Crippen LogP contribution in [0.2, 0.25) is 5.02 Å². The third kappa shape index (κ3) is 2.35. The second-order valence-corrected chi connectivity index (χ2v) is 6.73. The van der Waals surface area contributed by atoms with Crippen LogP contribution in [0.3, 0.4) is 0 Å². The number of fused-ring (bicyclic) bond motifs is 1. The number of hydrogen-bond acceptors (Lipinski definition) is 4. The van der Waals surface area contributed by atoms with Gasteiger partial charge in [-0.1, -0.05) is 11.6 Å². The molecule has 94 valence electrons. The van der Waals surface area contributed by atoms with Gasteiger partial charge in [-0.05, 0) is 18.2 Å². The average molecular weight is 299 g/mol. The Balaban J connectivity index is 1.91. The maximum Gasteiger partial charge on any atom is 0.282 e. The molecule has 1 aliphatic heterocycles. The lowest BCUT2D eigenvalue weighted by Crippen LogP contribution is -2.37. The third-order valence-corrected chi connectivity index (χ3v) is 5.03. The SMILES string of the molecule is O=C(c1nc2cc(Cl)ccc2s1)N1CCSCC1. The second-order valence-electron chi connectivity index (χ2n) is 4.04. The van der Waals surface area contributed by atoms with E-state index < -0.39 is 0 Å². The standard InChI is InChI=1S/C12H11ClN2OS2/c13-8-1-2-10-9(7-8)14-11(18-10)12(16)15-3-5-17-6-4-15/h1-2,7H,3-6H2. The molecule has 1 amide bonds. The normalized spacial score (nSPS) is 16.2. The van der Waals surface area contributed by atoms with Crippen molar-refractivity contribution >= 4 is 50.8 Å². The van der Waals surface area contributed by atoms with Gasteiger partial charge in [0.1, 0.15) is 0 Å². The van der Waals surface area contributed by atoms with Crippen molar-refractivity contribution in [2.45, 2.75) is 0 Å². The van der Waals surface area contributed by atoms with Gasteiger partial charge in [-0.15, -0.1) is 11.3 Å². The molecule has 2 aromatic rings. The van der Waals surface area contributed by atoms with E-state index in [4.69, 9.17) is 11.6 Å². The molecule has 0 bridgehead atoms. The van der Waals surface area contributed by atoms with Crippen LogP contribution in [0.25, 0.3) is 10.2 Å². The Labute approximate surface area is 118 Å². The maximum atomic E-state index is 12.3. The Bertz CT molecular complexity index is 593. The Kier molecular flexibility index (Phi) is 3.46. The molecule has 1 saturated heterocycles. The number of hydrogen-bond donors (Lipinski definition) is 0. The zero-order chi connectivity index (χ0) is 12.5. The van der Waals surface area contributed by atoms with E-state index in [1.807, 2.05) is 28.8 Å². The van der Waals surface area contributed by atoms with Crippen molar-refractivity contribution in [1.29, 1.82) is 0 Å². The predicted octanol–water partition coefficient (Wildman–Crippen LogP) is 3.14. The summed E-state index contributed by atoms with van der Waals surface area (Å²) < 4.78 is 1.01. The number of halogens is 1. The molecule has 3 rings (SSSR count). The van der Waals surface area contributed by atoms with Crippen molar-refractivity contribution in [3.63, 3.8) is 0 Å². The van der Waals surface area contributed by atoms with Crippen molar-refractivity contribution in [2.24, 2.45) is 0 Å². The van der Waals surface area contributed by atoms with Crippen LogP contribution in [0, 0.1) is 0 Å². The van der Waals surface area contributed by atoms with Crippen molar-refractivity contribution < 1.29 is 4.79 Å². The minimum absolute atomic E-state index is 0.0487. The van der Waals surface area contributed by atoms with E-state index in [9.17, 15) is 4.79 Å². The molecule has 2 heterocycles. The quantitative estimate of drug-likeness (QED) is 0.811. The number of carbonyl (C=O) groups excluding carboxylic acids is 1. The molecular formula is C12H11ClN2OS2. The Morgan fingerprint density at radius 1 is 1.33 bits per heavy atom. The van der Waals surface area contributed by atoms with Gasteiger partial charge in [-0.25, -0.2) is 4.98 Å². The highest BCUT2D eigenvalue weighted by Gasteiger charge is 2.21. The minimum Gasteiger partial charge on any atom is -0.335 e. The summed E-state index contributed by atoms with van der Waals surface area (Å²) in [5, 5.41) is 1.22. The Morgan fingerprint density at radius 2 is 2.11 bits per heavy atom. The van der Waals surface area contributed by atoms with Crippen molar-refractivity contribution in [3.8, 4) is 0 Å². The van der Waals surface area contributed by atoms with Crippen LogP contribution in [-0.4, -0.2) is 40.4 Å². The van der Waals surface area contributed by atoms with Crippen molar-refractivity contribution in [2.75, 3.05) is 24.6 Å². The van der Waals surface area contributed by atoms with Crippen LogP contribution < -0.4 is 0 Å². The van der Waals surface area contributed by atoms with E-state index in [0.29, 0.717) is 10.0 Å². The van der Waals surface area contributed by atoms with E-state index in [-0.39, 0.29) is 5.91 Å². The molecule has 0 radical (unpaired) electrons. The van der Waals surface area contributed by atoms with Crippen LogP contribution in [0.1, 0.15) is 9.80 Å². The van der Waals surface area contributed by atoms with Gasteiger partial charge in [-0.3, -0.25) is 4.79 Å². The lowest BCUT2D eigenvalue weighted by molar-refractivity contribution is 0.0772. The summed E-state index contributed by atoms with van der Waals surface area (Å²) in [5.41, 5.74) is 0.808. The highest BCUT2D eigenvalue weighted by atomic mass is 35.5. The Hall–Kier alpha value is -0.780. The van der Waals surface area contributed by atoms with Gasteiger partial charge in [0.2, 0.25) is 0 Å². The Morgan fingerprint density at radius 3 is 2.89 bits per heavy atom. The summed E-state index contributed by atoms with van der Waals surface area (Å²) in [7, 11) is 0. The van der Waals surface area contributed by atoms with Gasteiger partial charge in [0.25, 0.3) is 5.91 Å². The summed E-state index contributed by atoms with van der Waals surface area (Å²) in [5.74, 6) is 2.08. The first-order chi connectivity index (χ1) is 8.74. The maximum absolute atomic E-state index is 12.3. The number of nitrogens with zero attached hydrogens (tertiary/aromatic N) is 2. The molecule has 1 aromatic heterocycles. The summed E-state index contributed by atoms with van der Waals surface area (Å²) in [6, 6.07) is 5.54. The zero-order valence-electron chi connectivity index (χ0n) is 9.56. The number of benzene rings is 1. The molecule has 18 heavy (non-hydrogen) atoms. The van der Waals surface area contributed by atoms with Crippen molar-refractivity contribution in [3.05, 3.63) is 28.2 Å². The van der Waals surface area contributed by atoms with Crippen molar-refractivity contribution in [1.82, 2.24) is 9.88 Å². The zero-order valence-corrected chi connectivity index (χ0v) is 11.9. The molecule has 0 atom stereocenters. The monoisotopic (exact) mass is 298 g/mol. The van der Waals surface area contributed by atoms with Gasteiger partial charge in [-0.2, -0.15) is 11.8 Å². The topological polar surface area (TPSA) is 33.2 Å². The summed E-state index contributed by atoms with van der Waals surface area (Å²) in [6.45, 7) is 1.64. The van der Waals surface area contributed by atoms with Crippen LogP contribution in [0.15, 0.2) is 18.2 Å². The third-order valence-electron chi connectivity index (χ3n) is 2.83. The molecular weight excluding hydrogens is 288 g/mol. The van der Waals surface area contributed by atoms with E-state index >= 15 is 0 Å². The van der Waals surface area contributed by atoms with Gasteiger partial charge in [0.15, 0.2) is 5.01 Å². The molecule has 1 aliphatic rings. The first-order valence-electron chi connectivity index (χ1n) is 5.67. The highest BCUT2D eigenvalue weighted by molar-refractivity contribution is 7.99. The first-order valence-corrected chi connectivity index (χ1v) is 8.02. The molecule has 0 unspecified atom stereocenters. The van der Waals surface area contributed by atoms with Crippen LogP contribution in [0.4, 0.5) is 0 Å². The van der Waals surface area contributed by atoms with E-state index in [0.717, 1.165) is 34.8 Å². The van der Waals surface area contributed by atoms with Crippen LogP contribution in [-0.2, 0) is 0 Å². The highest BCUT2D eigenvalue weighted by Crippen LogP contribution is 2.26. The van der Waals surface area contributed by atoms with Gasteiger partial charge in [0, 0.05) is 29.6 Å². The molecule has 0 aliphatic carbocycles. The number of aromatic nitrogens is 1. The summed E-state index contributed by atoms with van der Waals surface area (Å²) >= 11 is 9.25. The molecule has 1 fully saturated rings. The minimum atomic E-state index is 0.0487. The number of amides is 1. The summed E-state index contributed by atoms with van der Waals surface area (Å²) in [4.78, 5) is 18.6.